The maximum Gasteiger partial charge on any atom is 0.127 e. The normalized spacial score (nSPS) is 18.4. The van der Waals surface area contributed by atoms with Crippen molar-refractivity contribution < 1.29 is 4.74 Å². The number of ether oxygens (including phenoxy) is 1. The highest BCUT2D eigenvalue weighted by Crippen LogP contribution is 2.45. The summed E-state index contributed by atoms with van der Waals surface area (Å²) in [4.78, 5) is 0. The van der Waals surface area contributed by atoms with E-state index < -0.39 is 0 Å². The summed E-state index contributed by atoms with van der Waals surface area (Å²) in [6.45, 7) is 80.3. The zero-order chi connectivity index (χ0) is 89.2. The number of benzene rings is 12. The predicted octanol–water partition coefficient (Wildman–Crippen LogP) is 41.6. The number of aryl methyl sites for hydroxylation is 24. The van der Waals surface area contributed by atoms with Gasteiger partial charge in [0.15, 0.2) is 0 Å². The molecule has 3 fully saturated rings. The summed E-state index contributed by atoms with van der Waals surface area (Å²) in [7, 11) is 0. The maximum atomic E-state index is 5.85. The van der Waals surface area contributed by atoms with Crippen LogP contribution in [0.15, 0.2) is 182 Å². The molecule has 130 heavy (non-hydrogen) atoms. The Morgan fingerprint density at radius 2 is 0.392 bits per heavy atom. The van der Waals surface area contributed by atoms with Gasteiger partial charge in [0.05, 0.1) is 0 Å². The molecule has 1 nitrogen and oxygen atoms in total. The van der Waals surface area contributed by atoms with Crippen molar-refractivity contribution in [2.75, 3.05) is 0 Å². The molecule has 722 valence electrons. The number of rotatable bonds is 6. The van der Waals surface area contributed by atoms with E-state index in [0.717, 1.165) is 88.9 Å². The smallest absolute Gasteiger partial charge is 0.127 e. The summed E-state index contributed by atoms with van der Waals surface area (Å²) >= 11 is 0. The van der Waals surface area contributed by atoms with Gasteiger partial charge in [0.2, 0.25) is 0 Å². The molecule has 1 heteroatoms. The highest BCUT2D eigenvalue weighted by Gasteiger charge is 2.38. The van der Waals surface area contributed by atoms with E-state index in [1.807, 2.05) is 12.1 Å². The quantitative estimate of drug-likeness (QED) is 0.151. The lowest BCUT2D eigenvalue weighted by atomic mass is 9.60. The molecule has 0 heterocycles. The van der Waals surface area contributed by atoms with Crippen LogP contribution in [0.3, 0.4) is 0 Å². The van der Waals surface area contributed by atoms with E-state index in [4.69, 9.17) is 4.74 Å². The minimum absolute atomic E-state index is 0. The minimum Gasteiger partial charge on any atom is -0.457 e. The van der Waals surface area contributed by atoms with E-state index in [9.17, 15) is 0 Å². The van der Waals surface area contributed by atoms with Crippen molar-refractivity contribution in [1.82, 2.24) is 0 Å². The van der Waals surface area contributed by atoms with Gasteiger partial charge >= 0.3 is 0 Å². The number of hydrogen-bond acceptors (Lipinski definition) is 1. The van der Waals surface area contributed by atoms with Gasteiger partial charge in [-0.15, -0.1) is 0 Å². The summed E-state index contributed by atoms with van der Waals surface area (Å²) < 4.78 is 5.85. The molecule has 8 atom stereocenters. The Morgan fingerprint density at radius 1 is 0.192 bits per heavy atom. The van der Waals surface area contributed by atoms with Crippen LogP contribution in [0.4, 0.5) is 0 Å². The van der Waals surface area contributed by atoms with Gasteiger partial charge in [-0.2, -0.15) is 0 Å². The molecule has 3 saturated carbocycles. The fraction of sp³-hybridized carbons (Fsp3) is 0.488. The molecule has 0 aromatic heterocycles. The Bertz CT molecular complexity index is 4800. The van der Waals surface area contributed by atoms with E-state index in [-0.39, 0.29) is 74.3 Å². The average molecular weight is 1770 g/mol. The van der Waals surface area contributed by atoms with E-state index in [0.29, 0.717) is 0 Å². The molecule has 12 aromatic carbocycles. The predicted molar refractivity (Wildman–Crippen MR) is 602 cm³/mol. The van der Waals surface area contributed by atoms with Crippen molar-refractivity contribution in [3.05, 3.63) is 327 Å². The molecule has 3 aliphatic rings. The van der Waals surface area contributed by atoms with Crippen LogP contribution >= 0.6 is 0 Å². The summed E-state index contributed by atoms with van der Waals surface area (Å²) in [5.74, 6) is 13.5. The topological polar surface area (TPSA) is 9.23 Å². The van der Waals surface area contributed by atoms with Gasteiger partial charge in [-0.05, 0) is 487 Å². The van der Waals surface area contributed by atoms with Gasteiger partial charge in [0, 0.05) is 0 Å². The van der Waals surface area contributed by atoms with Crippen LogP contribution < -0.4 is 4.74 Å². The van der Waals surface area contributed by atoms with Crippen molar-refractivity contribution in [3.8, 4) is 22.6 Å². The Hall–Kier alpha value is -8.78. The Morgan fingerprint density at radius 3 is 0.600 bits per heavy atom. The van der Waals surface area contributed by atoms with Gasteiger partial charge < -0.3 is 4.74 Å². The Labute approximate surface area is 807 Å². The molecule has 0 saturated heterocycles. The lowest BCUT2D eigenvalue weighted by Crippen LogP contribution is -2.39. The van der Waals surface area contributed by atoms with E-state index in [1.165, 1.54) is 214 Å². The zero-order valence-electron chi connectivity index (χ0n) is 82.2. The zero-order valence-corrected chi connectivity index (χ0v) is 82.2. The molecule has 3 aliphatic carbocycles. The van der Waals surface area contributed by atoms with Crippen LogP contribution in [0.1, 0.15) is 328 Å². The molecule has 0 radical (unpaired) electrons. The first-order chi connectivity index (χ1) is 56.3. The van der Waals surface area contributed by atoms with E-state index in [2.05, 4.69) is 419 Å². The second-order valence-electron chi connectivity index (χ2n) is 38.8. The van der Waals surface area contributed by atoms with Crippen molar-refractivity contribution in [1.29, 1.82) is 0 Å². The largest absolute Gasteiger partial charge is 0.457 e. The lowest BCUT2D eigenvalue weighted by molar-refractivity contribution is 0.0302. The first-order valence-electron chi connectivity index (χ1n) is 45.9. The van der Waals surface area contributed by atoms with Crippen LogP contribution in [-0.2, 0) is 6.42 Å². The first kappa shape index (κ1) is 128. The molecular formula is C129H200O. The lowest BCUT2D eigenvalue weighted by Gasteiger charge is -2.45. The summed E-state index contributed by atoms with van der Waals surface area (Å²) in [6, 6.07) is 66.5. The summed E-state index contributed by atoms with van der Waals surface area (Å²) in [5, 5.41) is 8.08. The molecular weight excluding hydrogens is 1570 g/mol. The van der Waals surface area contributed by atoms with Crippen LogP contribution in [0.25, 0.3) is 43.4 Å². The fourth-order valence-corrected chi connectivity index (χ4v) is 17.6. The van der Waals surface area contributed by atoms with Crippen molar-refractivity contribution in [2.45, 2.75) is 356 Å². The first-order valence-corrected chi connectivity index (χ1v) is 45.9. The maximum absolute atomic E-state index is 5.85. The molecule has 15 rings (SSSR count). The third kappa shape index (κ3) is 36.0. The van der Waals surface area contributed by atoms with Crippen LogP contribution in [0, 0.1) is 237 Å². The van der Waals surface area contributed by atoms with Crippen LogP contribution in [0.5, 0.6) is 11.5 Å². The molecule has 0 bridgehead atoms. The molecule has 8 unspecified atom stereocenters. The standard InChI is InChI=1S/C18H18.C17H20.C16H18O.C16H18.C14H16.C10H20.C10H14.C10H20.C8H16.10CH4/c1-11-5-15-9-17-7-13(3)14(4)8-18(17)10-16(15)6-12(11)2;1-12-5-7-16(9-14(12)3)11-17-8-6-13(2)15(4)10-17;1-11-5-7-15(9-13(11)3)17-16-8-6-12(2)14(4)10-16;1-11-5-7-15(9-13(11)3)16-8-6-12(2)14(4)10-16;1-9-5-13-7-11(3)12(4)8-14(13)6-10(9)2;2*1-7-5-9(3)10(4)6-8(7)2;1-5-10-8(3)6-7(2)9(10)4;1-5-6(2)8(4)7(5)3;;;;;;;;;;/h5-10H,1-4H3;5-10H,11H2,1-4H3;5-10H,1-4H3;5-10H,1-4H3;5-8H,1-4H3;7-10H,5-6H2,1-4H3;5-6H,1-4H3;7-10H,5-6H2,1-4H3;5-8H,1-4H3;10*1H4. The summed E-state index contributed by atoms with van der Waals surface area (Å²) in [6.07, 6.45) is 6.76. The average Bonchev–Trinajstić information content (AvgIpc) is 0.848. The highest BCUT2D eigenvalue weighted by atomic mass is 16.5. The van der Waals surface area contributed by atoms with Crippen LogP contribution in [-0.4, -0.2) is 0 Å². The van der Waals surface area contributed by atoms with Gasteiger partial charge in [-0.3, -0.25) is 0 Å². The minimum atomic E-state index is 0. The Kier molecular flexibility index (Phi) is 57.2. The monoisotopic (exact) mass is 1770 g/mol. The molecule has 0 amide bonds. The SMILES string of the molecule is C.C.C.C.C.C.C.C.C.C.CC1C(C)C(C)C1C.CC1CC(C)C(C)CC1C.CCC1C(C)CC(C)C1C.Cc1cc(C)c(C)cc1C.Cc1cc2cc(C)c(C)cc2cc1C.Cc1cc2cc3cc(C)c(C)cc3cc2cc1C.Cc1ccc(-c2ccc(C)c(C)c2)cc1C.Cc1ccc(Cc2ccc(C)c(C)c2)cc1C.Cc1ccc(Oc2ccc(C)c(C)c2)cc1C. The molecule has 0 spiro atoms. The summed E-state index contributed by atoms with van der Waals surface area (Å²) in [5.41, 5.74) is 38.0. The number of fused-ring (bicyclic) bond motifs is 3. The Balaban J connectivity index is -0.000000687. The highest BCUT2D eigenvalue weighted by molar-refractivity contribution is 5.99. The second-order valence-corrected chi connectivity index (χ2v) is 38.8. The van der Waals surface area contributed by atoms with E-state index in [1.54, 1.807) is 0 Å². The van der Waals surface area contributed by atoms with Crippen molar-refractivity contribution in [3.63, 3.8) is 0 Å². The fourth-order valence-electron chi connectivity index (χ4n) is 17.6. The second kappa shape index (κ2) is 58.3. The van der Waals surface area contributed by atoms with Crippen molar-refractivity contribution >= 4 is 32.3 Å². The molecule has 0 aliphatic heterocycles. The van der Waals surface area contributed by atoms with Gasteiger partial charge in [-0.25, -0.2) is 0 Å². The van der Waals surface area contributed by atoms with E-state index >= 15 is 0 Å². The number of hydrogen-bond donors (Lipinski definition) is 0. The van der Waals surface area contributed by atoms with Crippen molar-refractivity contribution in [2.24, 2.45) is 71.0 Å². The van der Waals surface area contributed by atoms with Gasteiger partial charge in [-0.1, -0.05) is 309 Å². The molecule has 12 aromatic rings. The third-order valence-corrected chi connectivity index (χ3v) is 29.6. The van der Waals surface area contributed by atoms with Crippen LogP contribution in [0.2, 0.25) is 0 Å². The van der Waals surface area contributed by atoms with Gasteiger partial charge in [0.1, 0.15) is 11.5 Å². The van der Waals surface area contributed by atoms with Gasteiger partial charge in [0.25, 0.3) is 0 Å². The third-order valence-electron chi connectivity index (χ3n) is 29.6. The molecule has 0 N–H and O–H groups in total.